The van der Waals surface area contributed by atoms with Crippen molar-refractivity contribution < 1.29 is 21.1 Å². The molecule has 0 bridgehead atoms. The summed E-state index contributed by atoms with van der Waals surface area (Å²) < 4.78 is 2.48. The molecule has 0 saturated carbocycles. The first-order valence-electron chi connectivity index (χ1n) is 16.0. The molecule has 0 unspecified atom stereocenters. The van der Waals surface area contributed by atoms with Crippen LogP contribution in [0.25, 0.3) is 53.5 Å². The van der Waals surface area contributed by atoms with Gasteiger partial charge in [0.25, 0.3) is 0 Å². The van der Waals surface area contributed by atoms with E-state index in [2.05, 4.69) is 140 Å². The molecule has 8 rings (SSSR count). The fourth-order valence-corrected chi connectivity index (χ4v) is 7.76. The summed E-state index contributed by atoms with van der Waals surface area (Å²) in [5, 5.41) is 5.08. The van der Waals surface area contributed by atoms with Crippen LogP contribution in [0.5, 0.6) is 0 Å². The van der Waals surface area contributed by atoms with Gasteiger partial charge in [-0.3, -0.25) is 0 Å². The second-order valence-electron chi connectivity index (χ2n) is 13.2. The molecule has 0 saturated heterocycles. The van der Waals surface area contributed by atoms with Crippen LogP contribution in [0.15, 0.2) is 134 Å². The molecule has 0 aliphatic rings. The molecule has 0 atom stereocenters. The average Bonchev–Trinajstić information content (AvgIpc) is 3.48. The first kappa shape index (κ1) is 31.9. The standard InChI is InChI=1S/C43H33N3S.Pt/c1-43(2,3)28-29-18-20-36-30(25-29)19-21-37-38-22-24-45-40(42(38)47-41(36)37)32-12-10-16-35(27-32)46(33-13-5-4-6-14-33)34-15-9-11-31(26-34)39-17-7-8-23-44-39;/h4-25H,28H2,1-3H3;/q-2;+2. The molecular weight excluding hydrogens is 786 g/mol. The van der Waals surface area contributed by atoms with Gasteiger partial charge in [0, 0.05) is 38.6 Å². The molecule has 0 aliphatic carbocycles. The van der Waals surface area contributed by atoms with Crippen LogP contribution in [0, 0.1) is 17.5 Å². The van der Waals surface area contributed by atoms with Gasteiger partial charge in [0.2, 0.25) is 0 Å². The van der Waals surface area contributed by atoms with Gasteiger partial charge < -0.3 is 14.9 Å². The van der Waals surface area contributed by atoms with E-state index in [1.807, 2.05) is 48.0 Å². The van der Waals surface area contributed by atoms with Crippen molar-refractivity contribution in [1.82, 2.24) is 9.97 Å². The molecule has 8 aromatic rings. The number of thiophene rings is 1. The number of hydrogen-bond acceptors (Lipinski definition) is 4. The molecule has 5 heteroatoms. The zero-order chi connectivity index (χ0) is 32.0. The summed E-state index contributed by atoms with van der Waals surface area (Å²) in [5.41, 5.74) is 8.22. The summed E-state index contributed by atoms with van der Waals surface area (Å²) in [5.74, 6) is 0. The molecule has 3 heterocycles. The Morgan fingerprint density at radius 3 is 2.08 bits per heavy atom. The van der Waals surface area contributed by atoms with E-state index in [4.69, 9.17) is 4.98 Å². The molecule has 0 radical (unpaired) electrons. The number of anilines is 3. The summed E-state index contributed by atoms with van der Waals surface area (Å²) in [7, 11) is 0. The summed E-state index contributed by atoms with van der Waals surface area (Å²) >= 11 is 1.83. The van der Waals surface area contributed by atoms with Crippen LogP contribution in [0.3, 0.4) is 0 Å². The molecule has 0 spiro atoms. The van der Waals surface area contributed by atoms with Crippen molar-refractivity contribution in [1.29, 1.82) is 0 Å². The molecule has 3 nitrogen and oxygen atoms in total. The molecule has 48 heavy (non-hydrogen) atoms. The maximum atomic E-state index is 4.95. The third kappa shape index (κ3) is 6.19. The second kappa shape index (κ2) is 13.1. The van der Waals surface area contributed by atoms with E-state index >= 15 is 0 Å². The van der Waals surface area contributed by atoms with Gasteiger partial charge >= 0.3 is 21.1 Å². The number of nitrogens with zero attached hydrogens (tertiary/aromatic N) is 3. The molecule has 0 amide bonds. The van der Waals surface area contributed by atoms with Crippen molar-refractivity contribution in [3.8, 4) is 22.5 Å². The number of para-hydroxylation sites is 1. The van der Waals surface area contributed by atoms with E-state index < -0.39 is 0 Å². The molecule has 3 aromatic heterocycles. The minimum Gasteiger partial charge on any atom is -0.346 e. The topological polar surface area (TPSA) is 29.0 Å². The normalized spacial score (nSPS) is 11.6. The van der Waals surface area contributed by atoms with Gasteiger partial charge in [0.05, 0.1) is 0 Å². The van der Waals surface area contributed by atoms with Crippen molar-refractivity contribution in [3.05, 3.63) is 151 Å². The number of pyridine rings is 2. The molecule has 236 valence electrons. The zero-order valence-corrected chi connectivity index (χ0v) is 30.1. The molecule has 0 N–H and O–H groups in total. The molecular formula is C43H33N3PtS. The van der Waals surface area contributed by atoms with Gasteiger partial charge in [-0.25, -0.2) is 0 Å². The van der Waals surface area contributed by atoms with Gasteiger partial charge in [-0.05, 0) is 74.9 Å². The Morgan fingerprint density at radius 1 is 0.625 bits per heavy atom. The van der Waals surface area contributed by atoms with Gasteiger partial charge in [-0.2, -0.15) is 0 Å². The predicted molar refractivity (Wildman–Crippen MR) is 199 cm³/mol. The van der Waals surface area contributed by atoms with E-state index in [1.54, 1.807) is 0 Å². The van der Waals surface area contributed by atoms with Gasteiger partial charge in [-0.15, -0.1) is 71.0 Å². The third-order valence-electron chi connectivity index (χ3n) is 8.42. The van der Waals surface area contributed by atoms with Gasteiger partial charge in [0.1, 0.15) is 0 Å². The molecule has 0 aliphatic heterocycles. The van der Waals surface area contributed by atoms with Crippen molar-refractivity contribution in [2.45, 2.75) is 27.2 Å². The van der Waals surface area contributed by atoms with Gasteiger partial charge in [-0.1, -0.05) is 81.4 Å². The fraction of sp³-hybridized carbons (Fsp3) is 0.116. The molecule has 0 fully saturated rings. The Hall–Kier alpha value is -4.63. The van der Waals surface area contributed by atoms with E-state index in [1.165, 1.54) is 36.5 Å². The van der Waals surface area contributed by atoms with E-state index in [-0.39, 0.29) is 26.5 Å². The van der Waals surface area contributed by atoms with Crippen LogP contribution in [-0.4, -0.2) is 9.97 Å². The van der Waals surface area contributed by atoms with Gasteiger partial charge in [0.15, 0.2) is 0 Å². The minimum absolute atomic E-state index is 0. The summed E-state index contributed by atoms with van der Waals surface area (Å²) in [4.78, 5) is 11.7. The van der Waals surface area contributed by atoms with Crippen LogP contribution in [-0.2, 0) is 27.5 Å². The van der Waals surface area contributed by atoms with Crippen LogP contribution < -0.4 is 4.90 Å². The SMILES string of the molecule is CC(C)(C)Cc1ccc2c(ccc3c4ccnc(-c5[c-]c(N(c6[c-]c(-c7ccccn7)ccc6)c6ccccc6)ccc5)c4sc23)c1.[Pt+2]. The van der Waals surface area contributed by atoms with Crippen LogP contribution in [0.4, 0.5) is 17.1 Å². The van der Waals surface area contributed by atoms with E-state index in [9.17, 15) is 0 Å². The number of hydrogen-bond donors (Lipinski definition) is 0. The Morgan fingerprint density at radius 2 is 1.33 bits per heavy atom. The largest absolute Gasteiger partial charge is 2.00 e. The zero-order valence-electron chi connectivity index (χ0n) is 27.0. The Bertz CT molecular complexity index is 2380. The number of benzene rings is 5. The Labute approximate surface area is 300 Å². The third-order valence-corrected chi connectivity index (χ3v) is 9.68. The quantitative estimate of drug-likeness (QED) is 0.157. The van der Waals surface area contributed by atoms with Crippen LogP contribution >= 0.6 is 11.3 Å². The maximum Gasteiger partial charge on any atom is 2.00 e. The average molecular weight is 819 g/mol. The summed E-state index contributed by atoms with van der Waals surface area (Å²) in [6.45, 7) is 6.89. The fourth-order valence-electron chi connectivity index (χ4n) is 6.42. The smallest absolute Gasteiger partial charge is 0.346 e. The maximum absolute atomic E-state index is 4.95. The van der Waals surface area contributed by atoms with Crippen LogP contribution in [0.2, 0.25) is 0 Å². The number of rotatable bonds is 6. The van der Waals surface area contributed by atoms with Crippen molar-refractivity contribution >= 4 is 59.3 Å². The van der Waals surface area contributed by atoms with E-state index in [0.717, 1.165) is 46.0 Å². The summed E-state index contributed by atoms with van der Waals surface area (Å²) in [6, 6.07) is 49.9. The Kier molecular flexibility index (Phi) is 8.72. The summed E-state index contributed by atoms with van der Waals surface area (Å²) in [6.07, 6.45) is 4.80. The first-order chi connectivity index (χ1) is 22.9. The van der Waals surface area contributed by atoms with Crippen LogP contribution in [0.1, 0.15) is 26.3 Å². The van der Waals surface area contributed by atoms with E-state index in [0.29, 0.717) is 0 Å². The Balaban J connectivity index is 0.00000364. The second-order valence-corrected chi connectivity index (χ2v) is 14.2. The monoisotopic (exact) mass is 818 g/mol. The number of fused-ring (bicyclic) bond motifs is 5. The van der Waals surface area contributed by atoms with Crippen molar-refractivity contribution in [3.63, 3.8) is 0 Å². The minimum atomic E-state index is 0. The number of aromatic nitrogens is 2. The molecule has 5 aromatic carbocycles. The first-order valence-corrected chi connectivity index (χ1v) is 16.8. The predicted octanol–water partition coefficient (Wildman–Crippen LogP) is 12.0. The van der Waals surface area contributed by atoms with Crippen molar-refractivity contribution in [2.24, 2.45) is 5.41 Å². The van der Waals surface area contributed by atoms with Crippen molar-refractivity contribution in [2.75, 3.05) is 4.90 Å².